The van der Waals surface area contributed by atoms with Crippen molar-refractivity contribution in [2.45, 2.75) is 25.0 Å². The summed E-state index contributed by atoms with van der Waals surface area (Å²) in [7, 11) is 0. The average Bonchev–Trinajstić information content (AvgIpc) is 3.12. The molecule has 45 heavy (non-hydrogen) atoms. The highest BCUT2D eigenvalue weighted by Crippen LogP contribution is 2.62. The number of aromatic nitrogens is 2. The molecule has 0 fully saturated rings. The van der Waals surface area contributed by atoms with Crippen LogP contribution in [-0.4, -0.2) is 9.97 Å². The van der Waals surface area contributed by atoms with Gasteiger partial charge in [-0.25, -0.2) is 9.97 Å². The maximum Gasteiger partial charge on any atom is 0.160 e. The zero-order valence-corrected chi connectivity index (χ0v) is 25.9. The van der Waals surface area contributed by atoms with E-state index >= 15 is 0 Å². The highest BCUT2D eigenvalue weighted by atomic mass is 32.2. The van der Waals surface area contributed by atoms with Gasteiger partial charge < -0.3 is 0 Å². The highest BCUT2D eigenvalue weighted by Gasteiger charge is 2.49. The predicted octanol–water partition coefficient (Wildman–Crippen LogP) is 10.8. The van der Waals surface area contributed by atoms with E-state index in [0.29, 0.717) is 0 Å². The quantitative estimate of drug-likeness (QED) is 0.198. The van der Waals surface area contributed by atoms with Crippen molar-refractivity contribution in [3.05, 3.63) is 180 Å². The second-order valence-electron chi connectivity index (χ2n) is 11.3. The van der Waals surface area contributed by atoms with Gasteiger partial charge in [0.1, 0.15) is 0 Å². The Balaban J connectivity index is 1.25. The summed E-state index contributed by atoms with van der Waals surface area (Å²) >= 11 is 3.77. The lowest BCUT2D eigenvalue weighted by atomic mass is 9.64. The number of fused-ring (bicyclic) bond motifs is 4. The minimum atomic E-state index is -0.421. The molecule has 0 amide bonds. The maximum absolute atomic E-state index is 5.09. The van der Waals surface area contributed by atoms with E-state index in [1.807, 2.05) is 35.7 Å². The van der Waals surface area contributed by atoms with E-state index in [9.17, 15) is 0 Å². The fourth-order valence-corrected chi connectivity index (χ4v) is 9.36. The molecule has 0 N–H and O–H groups in total. The number of rotatable bonds is 4. The largest absolute Gasteiger partial charge is 0.228 e. The molecule has 9 rings (SSSR count). The molecule has 3 heterocycles. The summed E-state index contributed by atoms with van der Waals surface area (Å²) < 4.78 is 0. The minimum absolute atomic E-state index is 0.421. The number of hydrogen-bond donors (Lipinski definition) is 0. The van der Waals surface area contributed by atoms with Crippen LogP contribution in [0.3, 0.4) is 0 Å². The van der Waals surface area contributed by atoms with Crippen LogP contribution < -0.4 is 0 Å². The number of nitrogens with zero attached hydrogens (tertiary/aromatic N) is 2. The van der Waals surface area contributed by atoms with Crippen molar-refractivity contribution < 1.29 is 0 Å². The third-order valence-corrected chi connectivity index (χ3v) is 11.1. The van der Waals surface area contributed by atoms with Crippen LogP contribution in [0, 0.1) is 0 Å². The van der Waals surface area contributed by atoms with Gasteiger partial charge in [-0.1, -0.05) is 151 Å². The summed E-state index contributed by atoms with van der Waals surface area (Å²) in [5.41, 5.74) is 9.87. The molecule has 0 unspecified atom stereocenters. The van der Waals surface area contributed by atoms with Gasteiger partial charge in [0.05, 0.1) is 16.8 Å². The molecule has 0 aliphatic carbocycles. The predicted molar refractivity (Wildman–Crippen MR) is 185 cm³/mol. The zero-order valence-electron chi connectivity index (χ0n) is 24.2. The van der Waals surface area contributed by atoms with Gasteiger partial charge in [0, 0.05) is 36.3 Å². The van der Waals surface area contributed by atoms with Crippen molar-refractivity contribution in [2.24, 2.45) is 0 Å². The van der Waals surface area contributed by atoms with Crippen LogP contribution in [0.2, 0.25) is 0 Å². The van der Waals surface area contributed by atoms with Gasteiger partial charge in [0.2, 0.25) is 0 Å². The molecule has 0 bridgehead atoms. The normalized spacial score (nSPS) is 13.8. The third-order valence-electron chi connectivity index (χ3n) is 8.83. The van der Waals surface area contributed by atoms with Crippen LogP contribution in [0.4, 0.5) is 0 Å². The molecule has 6 aromatic carbocycles. The van der Waals surface area contributed by atoms with Gasteiger partial charge in [0.25, 0.3) is 0 Å². The fourth-order valence-electron chi connectivity index (χ4n) is 6.85. The van der Waals surface area contributed by atoms with Gasteiger partial charge in [0.15, 0.2) is 5.82 Å². The molecule has 2 aliphatic rings. The molecule has 0 atom stereocenters. The third kappa shape index (κ3) is 4.21. The summed E-state index contributed by atoms with van der Waals surface area (Å²) in [6.07, 6.45) is 0. The fraction of sp³-hybridized carbons (Fsp3) is 0.0244. The van der Waals surface area contributed by atoms with Crippen LogP contribution in [0.1, 0.15) is 22.3 Å². The van der Waals surface area contributed by atoms with E-state index in [2.05, 4.69) is 146 Å². The van der Waals surface area contributed by atoms with Crippen LogP contribution in [-0.2, 0) is 5.41 Å². The minimum Gasteiger partial charge on any atom is -0.228 e. The number of hydrogen-bond acceptors (Lipinski definition) is 4. The Kier molecular flexibility index (Phi) is 6.25. The second kappa shape index (κ2) is 10.6. The Labute approximate surface area is 271 Å². The average molecular weight is 611 g/mol. The zero-order chi connectivity index (χ0) is 29.8. The highest BCUT2D eigenvalue weighted by molar-refractivity contribution is 8.00. The van der Waals surface area contributed by atoms with Gasteiger partial charge in [-0.05, 0) is 52.6 Å². The van der Waals surface area contributed by atoms with Crippen molar-refractivity contribution in [3.8, 4) is 33.9 Å². The van der Waals surface area contributed by atoms with Crippen molar-refractivity contribution in [1.82, 2.24) is 9.97 Å². The summed E-state index contributed by atoms with van der Waals surface area (Å²) in [5, 5.41) is 0. The van der Waals surface area contributed by atoms with Crippen LogP contribution >= 0.6 is 23.5 Å². The SMILES string of the molecule is c1ccc(-c2cc(-c3ccccc3)nc(-c3ccc(C45c6ccccc6Sc6cccc(c64)Sc4ccccc45)cc3)n2)cc1. The molecule has 1 aromatic heterocycles. The molecule has 212 valence electrons. The van der Waals surface area contributed by atoms with E-state index in [1.54, 1.807) is 0 Å². The van der Waals surface area contributed by atoms with E-state index in [1.165, 1.54) is 41.8 Å². The second-order valence-corrected chi connectivity index (χ2v) is 13.5. The van der Waals surface area contributed by atoms with Crippen molar-refractivity contribution >= 4 is 23.5 Å². The Morgan fingerprint density at radius 1 is 0.400 bits per heavy atom. The van der Waals surface area contributed by atoms with E-state index in [-0.39, 0.29) is 0 Å². The first-order chi connectivity index (χ1) is 22.3. The van der Waals surface area contributed by atoms with Crippen molar-refractivity contribution in [2.75, 3.05) is 0 Å². The molecule has 7 aromatic rings. The summed E-state index contributed by atoms with van der Waals surface area (Å²) in [6, 6.07) is 56.4. The molecule has 0 radical (unpaired) electrons. The van der Waals surface area contributed by atoms with Crippen LogP contribution in [0.15, 0.2) is 177 Å². The maximum atomic E-state index is 5.09. The van der Waals surface area contributed by atoms with E-state index in [0.717, 1.165) is 33.9 Å². The molecule has 0 spiro atoms. The standard InChI is InChI=1S/C41H26N2S2/c1-3-12-27(13-4-1)33-26-34(28-14-5-2-6-15-28)43-40(42-33)29-22-24-30(25-23-29)41-31-16-7-9-18-35(31)44-37-20-11-21-38(39(37)41)45-36-19-10-8-17-32(36)41/h1-26H. The van der Waals surface area contributed by atoms with Crippen molar-refractivity contribution in [1.29, 1.82) is 0 Å². The summed E-state index contributed by atoms with van der Waals surface area (Å²) in [6.45, 7) is 0. The Hall–Kier alpha value is -4.90. The molecular weight excluding hydrogens is 585 g/mol. The first-order valence-corrected chi connectivity index (χ1v) is 16.7. The summed E-state index contributed by atoms with van der Waals surface area (Å²) in [4.78, 5) is 15.4. The number of benzene rings is 6. The van der Waals surface area contributed by atoms with Crippen molar-refractivity contribution in [3.63, 3.8) is 0 Å². The van der Waals surface area contributed by atoms with E-state index < -0.39 is 5.41 Å². The molecule has 0 saturated carbocycles. The topological polar surface area (TPSA) is 25.8 Å². The van der Waals surface area contributed by atoms with Crippen LogP contribution in [0.25, 0.3) is 33.9 Å². The Bertz CT molecular complexity index is 2080. The molecule has 2 nitrogen and oxygen atoms in total. The van der Waals surface area contributed by atoms with Gasteiger partial charge in [-0.3, -0.25) is 0 Å². The molecule has 2 aliphatic heterocycles. The summed E-state index contributed by atoms with van der Waals surface area (Å²) in [5.74, 6) is 0.722. The Morgan fingerprint density at radius 3 is 1.40 bits per heavy atom. The smallest absolute Gasteiger partial charge is 0.160 e. The molecule has 4 heteroatoms. The van der Waals surface area contributed by atoms with E-state index in [4.69, 9.17) is 9.97 Å². The first kappa shape index (κ1) is 26.5. The molecule has 0 saturated heterocycles. The van der Waals surface area contributed by atoms with Crippen LogP contribution in [0.5, 0.6) is 0 Å². The van der Waals surface area contributed by atoms with Gasteiger partial charge in [-0.15, -0.1) is 0 Å². The first-order valence-electron chi connectivity index (χ1n) is 15.1. The lowest BCUT2D eigenvalue weighted by Crippen LogP contribution is -2.36. The lowest BCUT2D eigenvalue weighted by Gasteiger charge is -2.46. The monoisotopic (exact) mass is 610 g/mol. The van der Waals surface area contributed by atoms with Gasteiger partial charge in [-0.2, -0.15) is 0 Å². The molecular formula is C41H26N2S2. The Morgan fingerprint density at radius 2 is 0.867 bits per heavy atom. The van der Waals surface area contributed by atoms with Gasteiger partial charge >= 0.3 is 0 Å². The lowest BCUT2D eigenvalue weighted by molar-refractivity contribution is 0.663.